The van der Waals surface area contributed by atoms with Gasteiger partial charge in [-0.3, -0.25) is 0 Å². The van der Waals surface area contributed by atoms with Crippen molar-refractivity contribution in [3.63, 3.8) is 0 Å². The van der Waals surface area contributed by atoms with Crippen LogP contribution in [-0.2, 0) is 0 Å². The number of hydrogen-bond donors (Lipinski definition) is 0. The monoisotopic (exact) mass is 99.1 g/mol. The van der Waals surface area contributed by atoms with Crippen LogP contribution in [0, 0.1) is 18.0 Å². The molecule has 0 aliphatic heterocycles. The van der Waals surface area contributed by atoms with Crippen LogP contribution in [0.5, 0.6) is 0 Å². The zero-order valence-electron chi connectivity index (χ0n) is 4.59. The van der Waals surface area contributed by atoms with E-state index in [4.69, 9.17) is 0 Å². The van der Waals surface area contributed by atoms with Gasteiger partial charge in [0.2, 0.25) is 0 Å². The molecule has 1 heteroatoms. The maximum absolute atomic E-state index is 11.0. The summed E-state index contributed by atoms with van der Waals surface area (Å²) in [5, 5.41) is 0. The summed E-state index contributed by atoms with van der Waals surface area (Å²) in [5.41, 5.74) is 0. The first-order valence-electron chi connectivity index (χ1n) is 2.15. The van der Waals surface area contributed by atoms with E-state index in [9.17, 15) is 4.39 Å². The first kappa shape index (κ1) is 6.49. The Kier molecular flexibility index (Phi) is 3.40. The molecule has 0 rings (SSSR count). The lowest BCUT2D eigenvalue weighted by molar-refractivity contribution is 0.770. The second-order valence-corrected chi connectivity index (χ2v) is 1.66. The third kappa shape index (κ3) is 5.49. The molecule has 39 valence electrons. The molecule has 7 heavy (non-hydrogen) atoms. The fraction of sp³-hybridized carbons (Fsp3) is 0.500. The highest BCUT2D eigenvalue weighted by Crippen LogP contribution is 1.98. The summed E-state index contributed by atoms with van der Waals surface area (Å²) < 4.78 is 11.0. The van der Waals surface area contributed by atoms with Gasteiger partial charge in [-0.25, -0.2) is 0 Å². The molecule has 0 aromatic rings. The topological polar surface area (TPSA) is 0 Å². The van der Waals surface area contributed by atoms with Gasteiger partial charge in [0, 0.05) is 6.42 Å². The Labute approximate surface area is 43.7 Å². The van der Waals surface area contributed by atoms with E-state index in [1.807, 2.05) is 13.8 Å². The molecule has 0 saturated carbocycles. The van der Waals surface area contributed by atoms with Crippen molar-refractivity contribution in [3.8, 4) is 12.1 Å². The van der Waals surface area contributed by atoms with Crippen molar-refractivity contribution >= 4 is 0 Å². The van der Waals surface area contributed by atoms with Gasteiger partial charge in [0.25, 0.3) is 0 Å². The minimum atomic E-state index is 0.580. The standard InChI is InChI=1S/C6H8F/c1-6(2)4-3-5-7/h4H2,1-2H3. The molecule has 0 aromatic carbocycles. The van der Waals surface area contributed by atoms with E-state index in [0.717, 1.165) is 5.92 Å². The quantitative estimate of drug-likeness (QED) is 0.440. The highest BCUT2D eigenvalue weighted by molar-refractivity contribution is 4.99. The molecule has 0 amide bonds. The first-order valence-corrected chi connectivity index (χ1v) is 2.15. The Morgan fingerprint density at radius 1 is 1.57 bits per heavy atom. The van der Waals surface area contributed by atoms with E-state index < -0.39 is 0 Å². The van der Waals surface area contributed by atoms with Gasteiger partial charge in [-0.15, -0.1) is 4.39 Å². The number of hydrogen-bond acceptors (Lipinski definition) is 0. The van der Waals surface area contributed by atoms with E-state index in [-0.39, 0.29) is 0 Å². The minimum absolute atomic E-state index is 0.580. The Hall–Kier alpha value is -0.510. The first-order chi connectivity index (χ1) is 3.27. The van der Waals surface area contributed by atoms with Crippen LogP contribution in [0.15, 0.2) is 0 Å². The van der Waals surface area contributed by atoms with E-state index >= 15 is 0 Å². The predicted octanol–water partition coefficient (Wildman–Crippen LogP) is 1.92. The Bertz CT molecular complexity index is 84.1. The average Bonchev–Trinajstić information content (AvgIpc) is 1.61. The van der Waals surface area contributed by atoms with Crippen LogP contribution < -0.4 is 0 Å². The van der Waals surface area contributed by atoms with Crippen LogP contribution in [0.4, 0.5) is 4.39 Å². The molecule has 0 atom stereocenters. The third-order valence-electron chi connectivity index (χ3n) is 0.509. The Balaban J connectivity index is 3.08. The van der Waals surface area contributed by atoms with Gasteiger partial charge in [0.1, 0.15) is 6.17 Å². The molecule has 0 aromatic heterocycles. The van der Waals surface area contributed by atoms with E-state index in [1.165, 1.54) is 6.17 Å². The van der Waals surface area contributed by atoms with Crippen LogP contribution in [0.2, 0.25) is 0 Å². The molecule has 0 unspecified atom stereocenters. The molecule has 0 aliphatic rings. The lowest BCUT2D eigenvalue weighted by Crippen LogP contribution is -1.77. The molecular formula is C6H8F. The zero-order valence-corrected chi connectivity index (χ0v) is 4.59. The molecule has 0 fully saturated rings. The van der Waals surface area contributed by atoms with Crippen molar-refractivity contribution in [3.05, 3.63) is 5.92 Å². The minimum Gasteiger partial charge on any atom is -0.144 e. The van der Waals surface area contributed by atoms with Crippen LogP contribution >= 0.6 is 0 Å². The molecule has 0 saturated heterocycles. The summed E-state index contributed by atoms with van der Waals surface area (Å²) >= 11 is 0. The molecule has 0 aliphatic carbocycles. The number of rotatable bonds is 1. The van der Waals surface area contributed by atoms with Crippen molar-refractivity contribution in [2.75, 3.05) is 0 Å². The van der Waals surface area contributed by atoms with Crippen LogP contribution in [0.25, 0.3) is 0 Å². The maximum atomic E-state index is 11.0. The van der Waals surface area contributed by atoms with Crippen LogP contribution in [0.1, 0.15) is 20.3 Å². The van der Waals surface area contributed by atoms with Crippen molar-refractivity contribution in [1.82, 2.24) is 0 Å². The highest BCUT2D eigenvalue weighted by atomic mass is 19.1. The molecule has 0 bridgehead atoms. The van der Waals surface area contributed by atoms with E-state index in [0.29, 0.717) is 6.42 Å². The SMILES string of the molecule is C[C](C)CC#CF. The average molecular weight is 99.1 g/mol. The fourth-order valence-electron chi connectivity index (χ4n) is 0.210. The smallest absolute Gasteiger partial charge is 0.105 e. The maximum Gasteiger partial charge on any atom is 0.105 e. The fourth-order valence-corrected chi connectivity index (χ4v) is 0.210. The third-order valence-corrected chi connectivity index (χ3v) is 0.509. The highest BCUT2D eigenvalue weighted by Gasteiger charge is 1.85. The summed E-state index contributed by atoms with van der Waals surface area (Å²) in [4.78, 5) is 0. The summed E-state index contributed by atoms with van der Waals surface area (Å²) in [5.74, 6) is 3.44. The van der Waals surface area contributed by atoms with Crippen LogP contribution in [-0.4, -0.2) is 0 Å². The lowest BCUT2D eigenvalue weighted by Gasteiger charge is -1.89. The second kappa shape index (κ2) is 3.67. The van der Waals surface area contributed by atoms with Gasteiger partial charge in [0.05, 0.1) is 0 Å². The van der Waals surface area contributed by atoms with Crippen molar-refractivity contribution in [2.24, 2.45) is 0 Å². The van der Waals surface area contributed by atoms with E-state index in [1.54, 1.807) is 0 Å². The zero-order chi connectivity index (χ0) is 5.70. The summed E-state index contributed by atoms with van der Waals surface area (Å²) in [6, 6.07) is 0. The molecule has 0 N–H and O–H groups in total. The molecule has 0 heterocycles. The van der Waals surface area contributed by atoms with Crippen LogP contribution in [0.3, 0.4) is 0 Å². The Morgan fingerprint density at radius 3 is 2.29 bits per heavy atom. The van der Waals surface area contributed by atoms with E-state index in [2.05, 4.69) is 5.92 Å². The van der Waals surface area contributed by atoms with Crippen molar-refractivity contribution in [1.29, 1.82) is 0 Å². The van der Waals surface area contributed by atoms with Crippen molar-refractivity contribution in [2.45, 2.75) is 20.3 Å². The van der Waals surface area contributed by atoms with Gasteiger partial charge in [0.15, 0.2) is 0 Å². The molecule has 0 nitrogen and oxygen atoms in total. The molecule has 0 spiro atoms. The lowest BCUT2D eigenvalue weighted by atomic mass is 10.1. The van der Waals surface area contributed by atoms with Gasteiger partial charge in [-0.2, -0.15) is 0 Å². The molecular weight excluding hydrogens is 91.1 g/mol. The normalized spacial score (nSPS) is 8.00. The van der Waals surface area contributed by atoms with Gasteiger partial charge in [-0.1, -0.05) is 19.8 Å². The number of halogens is 1. The van der Waals surface area contributed by atoms with Crippen molar-refractivity contribution < 1.29 is 4.39 Å². The van der Waals surface area contributed by atoms with Gasteiger partial charge in [-0.05, 0) is 5.92 Å². The molecule has 1 radical (unpaired) electrons. The largest absolute Gasteiger partial charge is 0.144 e. The van der Waals surface area contributed by atoms with Gasteiger partial charge >= 0.3 is 0 Å². The Morgan fingerprint density at radius 2 is 2.14 bits per heavy atom. The summed E-state index contributed by atoms with van der Waals surface area (Å²) in [7, 11) is 0. The summed E-state index contributed by atoms with van der Waals surface area (Å²) in [6.07, 6.45) is 1.91. The van der Waals surface area contributed by atoms with Gasteiger partial charge < -0.3 is 0 Å². The second-order valence-electron chi connectivity index (χ2n) is 1.66. The predicted molar refractivity (Wildman–Crippen MR) is 28.1 cm³/mol. The summed E-state index contributed by atoms with van der Waals surface area (Å²) in [6.45, 7) is 3.84.